The van der Waals surface area contributed by atoms with E-state index in [1.807, 2.05) is 6.07 Å². The van der Waals surface area contributed by atoms with Crippen molar-refractivity contribution in [3.05, 3.63) is 60.6 Å². The van der Waals surface area contributed by atoms with Crippen LogP contribution in [0.4, 0.5) is 0 Å². The van der Waals surface area contributed by atoms with E-state index < -0.39 is 10.0 Å². The molecule has 9 nitrogen and oxygen atoms in total. The zero-order valence-electron chi connectivity index (χ0n) is 14.2. The van der Waals surface area contributed by atoms with Gasteiger partial charge in [-0.1, -0.05) is 11.2 Å². The Morgan fingerprint density at radius 1 is 1.11 bits per heavy atom. The first-order chi connectivity index (χ1) is 13.0. The van der Waals surface area contributed by atoms with E-state index in [-0.39, 0.29) is 11.6 Å². The van der Waals surface area contributed by atoms with Crippen molar-refractivity contribution < 1.29 is 17.4 Å². The number of H-pyrrole nitrogens is 1. The van der Waals surface area contributed by atoms with Crippen LogP contribution in [0.2, 0.25) is 0 Å². The molecular formula is C17H15N5O4S. The first-order valence-corrected chi connectivity index (χ1v) is 9.41. The van der Waals surface area contributed by atoms with Gasteiger partial charge in [-0.15, -0.1) is 0 Å². The Hall–Kier alpha value is -3.24. The normalized spacial score (nSPS) is 11.9. The fourth-order valence-corrected chi connectivity index (χ4v) is 3.52. The number of pyridine rings is 1. The largest absolute Gasteiger partial charge is 0.442 e. The lowest BCUT2D eigenvalue weighted by Gasteiger charge is -2.13. The van der Waals surface area contributed by atoms with Crippen LogP contribution in [0.15, 0.2) is 68.9 Å². The molecule has 4 aromatic rings. The van der Waals surface area contributed by atoms with E-state index in [2.05, 4.69) is 20.3 Å². The van der Waals surface area contributed by atoms with Gasteiger partial charge in [0.2, 0.25) is 5.09 Å². The summed E-state index contributed by atoms with van der Waals surface area (Å²) in [6.45, 7) is 0.00224. The minimum Gasteiger partial charge on any atom is -0.442 e. The van der Waals surface area contributed by atoms with Crippen LogP contribution in [0, 0.1) is 0 Å². The van der Waals surface area contributed by atoms with E-state index in [1.54, 1.807) is 42.7 Å². The van der Waals surface area contributed by atoms with Crippen molar-refractivity contribution in [2.45, 2.75) is 11.6 Å². The smallest absolute Gasteiger partial charge is 0.276 e. The van der Waals surface area contributed by atoms with Gasteiger partial charge < -0.3 is 8.94 Å². The summed E-state index contributed by atoms with van der Waals surface area (Å²) in [4.78, 5) is 4.19. The number of furan rings is 1. The summed E-state index contributed by atoms with van der Waals surface area (Å²) in [5.41, 5.74) is 1.78. The Morgan fingerprint density at radius 3 is 2.74 bits per heavy atom. The fraction of sp³-hybridized carbons (Fsp3) is 0.118. The lowest BCUT2D eigenvalue weighted by atomic mass is 10.2. The number of nitrogens with one attached hydrogen (secondary N) is 1. The van der Waals surface area contributed by atoms with Crippen molar-refractivity contribution in [2.75, 3.05) is 7.05 Å². The number of sulfonamides is 1. The van der Waals surface area contributed by atoms with Crippen molar-refractivity contribution in [2.24, 2.45) is 0 Å². The molecule has 0 saturated heterocycles. The van der Waals surface area contributed by atoms with E-state index >= 15 is 0 Å². The van der Waals surface area contributed by atoms with E-state index in [0.717, 1.165) is 4.31 Å². The maximum Gasteiger partial charge on any atom is 0.276 e. The Labute approximate surface area is 154 Å². The standard InChI is InChI=1S/C17H15N5O4S/c1-22(11-12-10-15(21-26-12)13-4-2-3-8-18-13)27(23,24)17-6-5-16(25-17)14-7-9-19-20-14/h2-10H,11H2,1H3,(H,19,20). The molecule has 10 heteroatoms. The molecule has 0 aliphatic rings. The quantitative estimate of drug-likeness (QED) is 0.542. The molecule has 138 valence electrons. The summed E-state index contributed by atoms with van der Waals surface area (Å²) in [7, 11) is -2.39. The molecule has 0 bridgehead atoms. The number of nitrogens with zero attached hydrogens (tertiary/aromatic N) is 4. The molecular weight excluding hydrogens is 370 g/mol. The molecule has 0 radical (unpaired) electrons. The number of hydrogen-bond donors (Lipinski definition) is 1. The highest BCUT2D eigenvalue weighted by Gasteiger charge is 2.26. The molecule has 0 unspecified atom stereocenters. The van der Waals surface area contributed by atoms with E-state index in [9.17, 15) is 8.42 Å². The third-order valence-corrected chi connectivity index (χ3v) is 5.55. The van der Waals surface area contributed by atoms with Crippen molar-refractivity contribution in [1.82, 2.24) is 24.6 Å². The lowest BCUT2D eigenvalue weighted by molar-refractivity contribution is 0.338. The molecule has 27 heavy (non-hydrogen) atoms. The minimum atomic E-state index is -3.83. The van der Waals surface area contributed by atoms with Crippen molar-refractivity contribution in [1.29, 1.82) is 0 Å². The highest BCUT2D eigenvalue weighted by molar-refractivity contribution is 7.88. The molecule has 4 rings (SSSR count). The van der Waals surface area contributed by atoms with Crippen molar-refractivity contribution in [3.8, 4) is 22.8 Å². The first kappa shape index (κ1) is 17.2. The van der Waals surface area contributed by atoms with Crippen LogP contribution in [-0.2, 0) is 16.6 Å². The first-order valence-electron chi connectivity index (χ1n) is 7.97. The van der Waals surface area contributed by atoms with E-state index in [0.29, 0.717) is 28.6 Å². The van der Waals surface area contributed by atoms with Gasteiger partial charge in [0.1, 0.15) is 11.4 Å². The molecule has 0 amide bonds. The summed E-state index contributed by atoms with van der Waals surface area (Å²) in [5.74, 6) is 0.777. The highest BCUT2D eigenvalue weighted by Crippen LogP contribution is 2.25. The Balaban J connectivity index is 1.52. The monoisotopic (exact) mass is 385 g/mol. The average Bonchev–Trinajstić information content (AvgIpc) is 3.42. The summed E-state index contributed by atoms with van der Waals surface area (Å²) < 4.78 is 37.3. The highest BCUT2D eigenvalue weighted by atomic mass is 32.2. The van der Waals surface area contributed by atoms with Crippen molar-refractivity contribution >= 4 is 10.0 Å². The van der Waals surface area contributed by atoms with Crippen molar-refractivity contribution in [3.63, 3.8) is 0 Å². The number of aromatic nitrogens is 4. The molecule has 0 fully saturated rings. The van der Waals surface area contributed by atoms with Gasteiger partial charge in [-0.3, -0.25) is 10.1 Å². The summed E-state index contributed by atoms with van der Waals surface area (Å²) in [6, 6.07) is 11.7. The van der Waals surface area contributed by atoms with Crippen LogP contribution in [0.25, 0.3) is 22.8 Å². The molecule has 0 aliphatic carbocycles. The number of rotatable bonds is 6. The fourth-order valence-electron chi connectivity index (χ4n) is 2.48. The van der Waals surface area contributed by atoms with E-state index in [4.69, 9.17) is 8.94 Å². The molecule has 0 atom stereocenters. The molecule has 4 heterocycles. The lowest BCUT2D eigenvalue weighted by Crippen LogP contribution is -2.25. The second-order valence-corrected chi connectivity index (χ2v) is 7.72. The van der Waals surface area contributed by atoms with Gasteiger partial charge >= 0.3 is 0 Å². The third kappa shape index (κ3) is 3.39. The zero-order valence-corrected chi connectivity index (χ0v) is 15.0. The summed E-state index contributed by atoms with van der Waals surface area (Å²) in [6.07, 6.45) is 3.20. The predicted molar refractivity (Wildman–Crippen MR) is 94.7 cm³/mol. The second-order valence-electron chi connectivity index (χ2n) is 5.74. The summed E-state index contributed by atoms with van der Waals surface area (Å²) in [5, 5.41) is 10.3. The summed E-state index contributed by atoms with van der Waals surface area (Å²) >= 11 is 0. The van der Waals surface area contributed by atoms with Gasteiger partial charge in [-0.05, 0) is 30.3 Å². The van der Waals surface area contributed by atoms with E-state index in [1.165, 1.54) is 13.1 Å². The SMILES string of the molecule is CN(Cc1cc(-c2ccccn2)no1)S(=O)(=O)c1ccc(-c2ccn[nH]2)o1. The second kappa shape index (κ2) is 6.82. The Bertz CT molecular complexity index is 1130. The van der Waals surface area contributed by atoms with Gasteiger partial charge in [0.05, 0.1) is 12.2 Å². The molecule has 0 saturated carbocycles. The third-order valence-electron chi connectivity index (χ3n) is 3.88. The number of hydrogen-bond acceptors (Lipinski definition) is 7. The average molecular weight is 385 g/mol. The van der Waals surface area contributed by atoms with Crippen LogP contribution in [0.5, 0.6) is 0 Å². The van der Waals surface area contributed by atoms with Gasteiger partial charge in [-0.25, -0.2) is 8.42 Å². The maximum absolute atomic E-state index is 12.7. The van der Waals surface area contributed by atoms with Gasteiger partial charge in [0.25, 0.3) is 10.0 Å². The topological polar surface area (TPSA) is 118 Å². The Kier molecular flexibility index (Phi) is 4.34. The molecule has 1 N–H and O–H groups in total. The molecule has 0 spiro atoms. The minimum absolute atomic E-state index is 0.00224. The predicted octanol–water partition coefficient (Wildman–Crippen LogP) is 2.54. The van der Waals surface area contributed by atoms with Gasteiger partial charge in [0, 0.05) is 25.5 Å². The van der Waals surface area contributed by atoms with Crippen LogP contribution in [0.1, 0.15) is 5.76 Å². The number of aromatic amines is 1. The molecule has 0 aliphatic heterocycles. The zero-order chi connectivity index (χ0) is 18.9. The van der Waals surface area contributed by atoms with Gasteiger partial charge in [-0.2, -0.15) is 9.40 Å². The molecule has 4 aromatic heterocycles. The van der Waals surface area contributed by atoms with Crippen LogP contribution in [-0.4, -0.2) is 40.1 Å². The molecule has 0 aromatic carbocycles. The van der Waals surface area contributed by atoms with Crippen LogP contribution in [0.3, 0.4) is 0 Å². The van der Waals surface area contributed by atoms with Gasteiger partial charge in [0.15, 0.2) is 11.5 Å². The maximum atomic E-state index is 12.7. The van der Waals surface area contributed by atoms with Crippen LogP contribution >= 0.6 is 0 Å². The Morgan fingerprint density at radius 2 is 2.00 bits per heavy atom. The van der Waals surface area contributed by atoms with Crippen LogP contribution < -0.4 is 0 Å².